The van der Waals surface area contributed by atoms with Gasteiger partial charge < -0.3 is 20.5 Å². The van der Waals surface area contributed by atoms with E-state index in [-0.39, 0.29) is 18.9 Å². The average molecular weight is 556 g/mol. The summed E-state index contributed by atoms with van der Waals surface area (Å²) in [6, 6.07) is 25.5. The molecular weight excluding hydrogens is 518 g/mol. The summed E-state index contributed by atoms with van der Waals surface area (Å²) in [6.07, 6.45) is 0.538. The monoisotopic (exact) mass is 555 g/mol. The van der Waals surface area contributed by atoms with Crippen LogP contribution in [0.4, 0.5) is 4.79 Å². The molecule has 0 aromatic heterocycles. The van der Waals surface area contributed by atoms with Crippen molar-refractivity contribution in [3.63, 3.8) is 0 Å². The number of rotatable bonds is 10. The number of amides is 2. The van der Waals surface area contributed by atoms with Gasteiger partial charge in [0.05, 0.1) is 12.0 Å². The van der Waals surface area contributed by atoms with Crippen LogP contribution in [0.1, 0.15) is 55.2 Å². The van der Waals surface area contributed by atoms with E-state index in [1.807, 2.05) is 42.5 Å². The third-order valence-electron chi connectivity index (χ3n) is 8.30. The Morgan fingerprint density at radius 2 is 1.51 bits per heavy atom. The fourth-order valence-corrected chi connectivity index (χ4v) is 6.10. The first-order valence-electron chi connectivity index (χ1n) is 14.3. The molecule has 1 aliphatic carbocycles. The van der Waals surface area contributed by atoms with Gasteiger partial charge in [0.25, 0.3) is 0 Å². The highest BCUT2D eigenvalue weighted by Gasteiger charge is 2.39. The number of hydrogen-bond acceptors (Lipinski definition) is 5. The summed E-state index contributed by atoms with van der Waals surface area (Å²) in [7, 11) is 0. The van der Waals surface area contributed by atoms with Crippen LogP contribution < -0.4 is 10.6 Å². The molecule has 8 heteroatoms. The highest BCUT2D eigenvalue weighted by Crippen LogP contribution is 2.44. The fraction of sp³-hybridized carbons (Fsp3) is 0.364. The van der Waals surface area contributed by atoms with Crippen LogP contribution >= 0.6 is 0 Å². The molecule has 2 amide bonds. The van der Waals surface area contributed by atoms with E-state index in [2.05, 4.69) is 51.9 Å². The number of aliphatic carboxylic acids is 1. The van der Waals surface area contributed by atoms with Gasteiger partial charge in [0.1, 0.15) is 12.6 Å². The van der Waals surface area contributed by atoms with Crippen LogP contribution in [0.2, 0.25) is 0 Å². The Morgan fingerprint density at radius 3 is 2.10 bits per heavy atom. The van der Waals surface area contributed by atoms with Crippen molar-refractivity contribution in [3.8, 4) is 11.1 Å². The molecule has 0 bridgehead atoms. The van der Waals surface area contributed by atoms with Crippen molar-refractivity contribution in [2.24, 2.45) is 0 Å². The SMILES string of the molecule is CC[C@@H](NC(=O)OCC1c2ccccc2-c2ccccc21)C(=O)NC1(CC(=O)O)CCN(Cc2ccccc2)CC1. The van der Waals surface area contributed by atoms with E-state index in [1.54, 1.807) is 6.92 Å². The molecule has 0 radical (unpaired) electrons. The van der Waals surface area contributed by atoms with Gasteiger partial charge in [-0.1, -0.05) is 85.8 Å². The number of hydrogen-bond donors (Lipinski definition) is 3. The number of alkyl carbamates (subject to hydrolysis) is 1. The Bertz CT molecular complexity index is 1340. The number of ether oxygens (including phenoxy) is 1. The van der Waals surface area contributed by atoms with Crippen molar-refractivity contribution in [2.45, 2.75) is 56.7 Å². The van der Waals surface area contributed by atoms with Crippen LogP contribution in [0.25, 0.3) is 11.1 Å². The second kappa shape index (κ2) is 12.6. The lowest BCUT2D eigenvalue weighted by atomic mass is 9.83. The Morgan fingerprint density at radius 1 is 0.927 bits per heavy atom. The summed E-state index contributed by atoms with van der Waals surface area (Å²) in [5.74, 6) is -1.43. The lowest BCUT2D eigenvalue weighted by molar-refractivity contribution is -0.140. The van der Waals surface area contributed by atoms with E-state index >= 15 is 0 Å². The van der Waals surface area contributed by atoms with Crippen LogP contribution in [0.5, 0.6) is 0 Å². The zero-order valence-electron chi connectivity index (χ0n) is 23.3. The molecule has 0 saturated carbocycles. The Balaban J connectivity index is 1.18. The molecule has 5 rings (SSSR count). The highest BCUT2D eigenvalue weighted by molar-refractivity contribution is 5.87. The molecule has 8 nitrogen and oxygen atoms in total. The summed E-state index contributed by atoms with van der Waals surface area (Å²) in [5, 5.41) is 15.4. The minimum Gasteiger partial charge on any atom is -0.481 e. The molecule has 0 spiro atoms. The van der Waals surface area contributed by atoms with Gasteiger partial charge in [-0.15, -0.1) is 0 Å². The molecule has 3 N–H and O–H groups in total. The van der Waals surface area contributed by atoms with Gasteiger partial charge >= 0.3 is 12.1 Å². The summed E-state index contributed by atoms with van der Waals surface area (Å²) in [5.41, 5.74) is 4.83. The van der Waals surface area contributed by atoms with E-state index in [9.17, 15) is 19.5 Å². The molecule has 1 saturated heterocycles. The number of likely N-dealkylation sites (tertiary alicyclic amines) is 1. The number of carbonyl (C=O) groups excluding carboxylic acids is 2. The molecule has 2 aliphatic rings. The number of carboxylic acids is 1. The number of carboxylic acid groups (broad SMARTS) is 1. The fourth-order valence-electron chi connectivity index (χ4n) is 6.10. The smallest absolute Gasteiger partial charge is 0.407 e. The number of nitrogens with one attached hydrogen (secondary N) is 2. The molecule has 41 heavy (non-hydrogen) atoms. The Hall–Kier alpha value is -4.17. The third-order valence-corrected chi connectivity index (χ3v) is 8.30. The molecule has 1 fully saturated rings. The first-order valence-corrected chi connectivity index (χ1v) is 14.3. The van der Waals surface area contributed by atoms with E-state index in [1.165, 1.54) is 5.56 Å². The van der Waals surface area contributed by atoms with Gasteiger partial charge in [0, 0.05) is 25.6 Å². The summed E-state index contributed by atoms with van der Waals surface area (Å²) in [6.45, 7) is 4.06. The van der Waals surface area contributed by atoms with Crippen molar-refractivity contribution >= 4 is 18.0 Å². The number of benzene rings is 3. The van der Waals surface area contributed by atoms with Crippen molar-refractivity contribution in [1.82, 2.24) is 15.5 Å². The van der Waals surface area contributed by atoms with Crippen LogP contribution in [0.15, 0.2) is 78.9 Å². The zero-order chi connectivity index (χ0) is 28.8. The average Bonchev–Trinajstić information content (AvgIpc) is 3.30. The van der Waals surface area contributed by atoms with Crippen LogP contribution in [-0.4, -0.2) is 59.3 Å². The normalized spacial score (nSPS) is 16.7. The Kier molecular flexibility index (Phi) is 8.69. The van der Waals surface area contributed by atoms with Crippen LogP contribution in [-0.2, 0) is 20.9 Å². The van der Waals surface area contributed by atoms with E-state index < -0.39 is 29.6 Å². The van der Waals surface area contributed by atoms with E-state index in [4.69, 9.17) is 4.74 Å². The molecular formula is C33H37N3O5. The molecule has 3 aromatic rings. The van der Waals surface area contributed by atoms with Gasteiger partial charge in [-0.2, -0.15) is 0 Å². The first-order chi connectivity index (χ1) is 19.9. The topological polar surface area (TPSA) is 108 Å². The van der Waals surface area contributed by atoms with Crippen molar-refractivity contribution in [1.29, 1.82) is 0 Å². The van der Waals surface area contributed by atoms with Gasteiger partial charge in [0.15, 0.2) is 0 Å². The first kappa shape index (κ1) is 28.4. The minimum atomic E-state index is -0.959. The van der Waals surface area contributed by atoms with Gasteiger partial charge in [-0.3, -0.25) is 14.5 Å². The molecule has 0 unspecified atom stereocenters. The van der Waals surface area contributed by atoms with Crippen molar-refractivity contribution in [3.05, 3.63) is 95.6 Å². The second-order valence-electron chi connectivity index (χ2n) is 11.0. The molecule has 1 atom stereocenters. The quantitative estimate of drug-likeness (QED) is 0.328. The lowest BCUT2D eigenvalue weighted by Crippen LogP contribution is -2.60. The van der Waals surface area contributed by atoms with Crippen molar-refractivity contribution in [2.75, 3.05) is 19.7 Å². The highest BCUT2D eigenvalue weighted by atomic mass is 16.5. The summed E-state index contributed by atoms with van der Waals surface area (Å²) >= 11 is 0. The molecule has 1 heterocycles. The summed E-state index contributed by atoms with van der Waals surface area (Å²) < 4.78 is 5.64. The molecule has 3 aromatic carbocycles. The predicted octanol–water partition coefficient (Wildman–Crippen LogP) is 4.93. The number of fused-ring (bicyclic) bond motifs is 3. The number of carbonyl (C=O) groups is 3. The maximum Gasteiger partial charge on any atom is 0.407 e. The third kappa shape index (κ3) is 6.60. The molecule has 1 aliphatic heterocycles. The molecule has 214 valence electrons. The predicted molar refractivity (Wildman–Crippen MR) is 156 cm³/mol. The maximum absolute atomic E-state index is 13.3. The van der Waals surface area contributed by atoms with Crippen LogP contribution in [0, 0.1) is 0 Å². The standard InChI is InChI=1S/C33H37N3O5/c1-2-29(34-32(40)41-22-28-26-14-8-6-12-24(26)25-13-7-9-15-27(25)28)31(39)35-33(20-30(37)38)16-18-36(19-17-33)21-23-10-4-3-5-11-23/h3-15,28-29H,2,16-22H2,1H3,(H,34,40)(H,35,39)(H,37,38)/t29-/m1/s1. The van der Waals surface area contributed by atoms with E-state index in [0.717, 1.165) is 28.8 Å². The lowest BCUT2D eigenvalue weighted by Gasteiger charge is -2.42. The number of piperidine rings is 1. The van der Waals surface area contributed by atoms with Gasteiger partial charge in [0.2, 0.25) is 5.91 Å². The van der Waals surface area contributed by atoms with Crippen LogP contribution in [0.3, 0.4) is 0 Å². The van der Waals surface area contributed by atoms with E-state index in [0.29, 0.717) is 32.4 Å². The van der Waals surface area contributed by atoms with Gasteiger partial charge in [-0.25, -0.2) is 4.79 Å². The minimum absolute atomic E-state index is 0.0815. The van der Waals surface area contributed by atoms with Crippen molar-refractivity contribution < 1.29 is 24.2 Å². The Labute approximate surface area is 240 Å². The number of nitrogens with zero attached hydrogens (tertiary/aromatic N) is 1. The zero-order valence-corrected chi connectivity index (χ0v) is 23.3. The van der Waals surface area contributed by atoms with Gasteiger partial charge in [-0.05, 0) is 47.1 Å². The maximum atomic E-state index is 13.3. The largest absolute Gasteiger partial charge is 0.481 e. The summed E-state index contributed by atoms with van der Waals surface area (Å²) in [4.78, 5) is 40.2. The second-order valence-corrected chi connectivity index (χ2v) is 11.0.